The molecule has 0 radical (unpaired) electrons. The van der Waals surface area contributed by atoms with Crippen LogP contribution in [0.4, 0.5) is 0 Å². The molecule has 0 saturated carbocycles. The fourth-order valence-electron chi connectivity index (χ4n) is 1.89. The summed E-state index contributed by atoms with van der Waals surface area (Å²) in [5, 5.41) is 0. The molecule has 0 N–H and O–H groups in total. The van der Waals surface area contributed by atoms with E-state index in [1.54, 1.807) is 5.57 Å². The Hall–Kier alpha value is -0.303. The summed E-state index contributed by atoms with van der Waals surface area (Å²) in [6, 6.07) is 0. The van der Waals surface area contributed by atoms with Crippen LogP contribution in [-0.4, -0.2) is 8.07 Å². The molecule has 0 heterocycles. The van der Waals surface area contributed by atoms with Gasteiger partial charge in [0.1, 0.15) is 0 Å². The average molecular weight is 238 g/mol. The van der Waals surface area contributed by atoms with Gasteiger partial charge in [0.15, 0.2) is 0 Å². The Bertz CT molecular complexity index is 220. The summed E-state index contributed by atoms with van der Waals surface area (Å²) in [7, 11) is -1.08. The van der Waals surface area contributed by atoms with Gasteiger partial charge in [0.2, 0.25) is 0 Å². The van der Waals surface area contributed by atoms with E-state index >= 15 is 0 Å². The van der Waals surface area contributed by atoms with Gasteiger partial charge in [0, 0.05) is 0 Å². The molecule has 0 aromatic heterocycles. The fourth-order valence-corrected chi connectivity index (χ4v) is 3.41. The molecule has 0 aliphatic rings. The average Bonchev–Trinajstić information content (AvgIpc) is 2.19. The SMILES string of the molecule is C=CC(C)/C(=C/[Si](C)(C)C)CCCCCC. The first-order chi connectivity index (χ1) is 7.40. The van der Waals surface area contributed by atoms with E-state index in [9.17, 15) is 0 Å². The van der Waals surface area contributed by atoms with Crippen molar-refractivity contribution in [3.63, 3.8) is 0 Å². The number of hydrogen-bond acceptors (Lipinski definition) is 0. The van der Waals surface area contributed by atoms with Crippen LogP contribution in [0.2, 0.25) is 19.6 Å². The fraction of sp³-hybridized carbons (Fsp3) is 0.733. The molecular formula is C15H30Si. The number of rotatable bonds is 8. The third-order valence-electron chi connectivity index (χ3n) is 2.88. The Kier molecular flexibility index (Phi) is 7.74. The van der Waals surface area contributed by atoms with Gasteiger partial charge in [-0.3, -0.25) is 0 Å². The van der Waals surface area contributed by atoms with Crippen molar-refractivity contribution < 1.29 is 0 Å². The second-order valence-corrected chi connectivity index (χ2v) is 10.9. The molecule has 0 spiro atoms. The third-order valence-corrected chi connectivity index (χ3v) is 4.11. The van der Waals surface area contributed by atoms with Gasteiger partial charge in [-0.2, -0.15) is 0 Å². The van der Waals surface area contributed by atoms with Crippen LogP contribution in [0.15, 0.2) is 23.9 Å². The Morgan fingerprint density at radius 3 is 2.25 bits per heavy atom. The Morgan fingerprint density at radius 2 is 1.81 bits per heavy atom. The monoisotopic (exact) mass is 238 g/mol. The van der Waals surface area contributed by atoms with E-state index in [1.165, 1.54) is 32.1 Å². The van der Waals surface area contributed by atoms with Crippen molar-refractivity contribution in [1.82, 2.24) is 0 Å². The molecule has 1 heteroatoms. The van der Waals surface area contributed by atoms with Gasteiger partial charge in [-0.1, -0.05) is 70.1 Å². The predicted octanol–water partition coefficient (Wildman–Crippen LogP) is 5.58. The molecule has 0 aliphatic carbocycles. The molecule has 16 heavy (non-hydrogen) atoms. The highest BCUT2D eigenvalue weighted by atomic mass is 28.3. The van der Waals surface area contributed by atoms with E-state index in [2.05, 4.69) is 51.8 Å². The Labute approximate surface area is 104 Å². The summed E-state index contributed by atoms with van der Waals surface area (Å²) in [5.41, 5.74) is 4.20. The van der Waals surface area contributed by atoms with Crippen LogP contribution in [0, 0.1) is 5.92 Å². The molecule has 1 atom stereocenters. The smallest absolute Gasteiger partial charge is 0.0686 e. The van der Waals surface area contributed by atoms with Crippen molar-refractivity contribution in [1.29, 1.82) is 0 Å². The first kappa shape index (κ1) is 15.7. The van der Waals surface area contributed by atoms with Crippen LogP contribution in [-0.2, 0) is 0 Å². The van der Waals surface area contributed by atoms with Crippen LogP contribution in [0.25, 0.3) is 0 Å². The van der Waals surface area contributed by atoms with Crippen molar-refractivity contribution in [2.24, 2.45) is 5.92 Å². The molecule has 0 rings (SSSR count). The van der Waals surface area contributed by atoms with Gasteiger partial charge in [0.25, 0.3) is 0 Å². The number of hydrogen-bond donors (Lipinski definition) is 0. The van der Waals surface area contributed by atoms with Gasteiger partial charge < -0.3 is 0 Å². The first-order valence-corrected chi connectivity index (χ1v) is 10.3. The quantitative estimate of drug-likeness (QED) is 0.294. The van der Waals surface area contributed by atoms with E-state index in [-0.39, 0.29) is 0 Å². The van der Waals surface area contributed by atoms with Gasteiger partial charge in [-0.25, -0.2) is 0 Å². The number of allylic oxidation sites excluding steroid dienone is 2. The lowest BCUT2D eigenvalue weighted by molar-refractivity contribution is 0.641. The second kappa shape index (κ2) is 7.89. The second-order valence-electron chi connectivity index (χ2n) is 5.92. The van der Waals surface area contributed by atoms with Crippen molar-refractivity contribution in [3.8, 4) is 0 Å². The zero-order chi connectivity index (χ0) is 12.6. The maximum Gasteiger partial charge on any atom is 0.0686 e. The highest BCUT2D eigenvalue weighted by molar-refractivity contribution is 6.81. The molecule has 0 fully saturated rings. The maximum absolute atomic E-state index is 3.93. The topological polar surface area (TPSA) is 0 Å². The van der Waals surface area contributed by atoms with Gasteiger partial charge in [-0.15, -0.1) is 6.58 Å². The van der Waals surface area contributed by atoms with Gasteiger partial charge >= 0.3 is 0 Å². The summed E-state index contributed by atoms with van der Waals surface area (Å²) in [6.07, 6.45) is 8.79. The van der Waals surface area contributed by atoms with Gasteiger partial charge in [0.05, 0.1) is 8.07 Å². The molecule has 0 bridgehead atoms. The van der Waals surface area contributed by atoms with Crippen LogP contribution in [0.3, 0.4) is 0 Å². The molecule has 94 valence electrons. The van der Waals surface area contributed by atoms with Crippen molar-refractivity contribution in [2.45, 2.75) is 65.6 Å². The minimum atomic E-state index is -1.08. The van der Waals surface area contributed by atoms with Crippen LogP contribution in [0.5, 0.6) is 0 Å². The van der Waals surface area contributed by atoms with Crippen LogP contribution < -0.4 is 0 Å². The van der Waals surface area contributed by atoms with Crippen molar-refractivity contribution >= 4 is 8.07 Å². The summed E-state index contributed by atoms with van der Waals surface area (Å²) in [6.45, 7) is 15.7. The standard InChI is InChI=1S/C15H30Si/c1-7-9-10-11-12-15(14(3)8-2)13-16(4,5)6/h8,13-14H,2,7,9-12H2,1,3-6H3/b15-13+. The molecule has 0 nitrogen and oxygen atoms in total. The van der Waals surface area contributed by atoms with Crippen molar-refractivity contribution in [2.75, 3.05) is 0 Å². The summed E-state index contributed by atoms with van der Waals surface area (Å²) < 4.78 is 0. The van der Waals surface area contributed by atoms with Gasteiger partial charge in [-0.05, 0) is 18.8 Å². The Morgan fingerprint density at radius 1 is 1.19 bits per heavy atom. The summed E-state index contributed by atoms with van der Waals surface area (Å²) in [5.74, 6) is 0.563. The zero-order valence-corrected chi connectivity index (χ0v) is 13.0. The van der Waals surface area contributed by atoms with Crippen LogP contribution >= 0.6 is 0 Å². The minimum absolute atomic E-state index is 0.563. The lowest BCUT2D eigenvalue weighted by atomic mass is 9.97. The summed E-state index contributed by atoms with van der Waals surface area (Å²) in [4.78, 5) is 0. The molecule has 0 amide bonds. The van der Waals surface area contributed by atoms with E-state index in [0.717, 1.165) is 0 Å². The third kappa shape index (κ3) is 7.92. The van der Waals surface area contributed by atoms with E-state index in [4.69, 9.17) is 0 Å². The number of unbranched alkanes of at least 4 members (excludes halogenated alkanes) is 3. The first-order valence-electron chi connectivity index (χ1n) is 6.75. The highest BCUT2D eigenvalue weighted by Crippen LogP contribution is 2.22. The maximum atomic E-state index is 3.93. The zero-order valence-electron chi connectivity index (χ0n) is 12.0. The molecule has 1 unspecified atom stereocenters. The molecule has 0 aromatic carbocycles. The minimum Gasteiger partial charge on any atom is -0.102 e. The summed E-state index contributed by atoms with van der Waals surface area (Å²) >= 11 is 0. The molecular weight excluding hydrogens is 208 g/mol. The van der Waals surface area contributed by atoms with Crippen molar-refractivity contribution in [3.05, 3.63) is 23.9 Å². The molecule has 0 aliphatic heterocycles. The molecule has 0 aromatic rings. The van der Waals surface area contributed by atoms with Crippen LogP contribution in [0.1, 0.15) is 46.0 Å². The highest BCUT2D eigenvalue weighted by Gasteiger charge is 2.13. The lowest BCUT2D eigenvalue weighted by Crippen LogP contribution is -2.18. The predicted molar refractivity (Wildman–Crippen MR) is 79.5 cm³/mol. The molecule has 0 saturated heterocycles. The normalized spacial score (nSPS) is 14.9. The lowest BCUT2D eigenvalue weighted by Gasteiger charge is -2.18. The largest absolute Gasteiger partial charge is 0.102 e. The Balaban J connectivity index is 4.34. The van der Waals surface area contributed by atoms with E-state index < -0.39 is 8.07 Å². The van der Waals surface area contributed by atoms with E-state index in [1.807, 2.05) is 0 Å². The van der Waals surface area contributed by atoms with E-state index in [0.29, 0.717) is 5.92 Å².